The van der Waals surface area contributed by atoms with Gasteiger partial charge in [0.15, 0.2) is 0 Å². The van der Waals surface area contributed by atoms with E-state index in [1.807, 2.05) is 0 Å². The minimum atomic E-state index is -0.133. The Balaban J connectivity index is 1.98. The summed E-state index contributed by atoms with van der Waals surface area (Å²) in [5, 5.41) is 9.63. The molecule has 3 nitrogen and oxygen atoms in total. The zero-order valence-corrected chi connectivity index (χ0v) is 9.66. The summed E-state index contributed by atoms with van der Waals surface area (Å²) in [5.74, 6) is 0.738. The van der Waals surface area contributed by atoms with Gasteiger partial charge >= 0.3 is 5.97 Å². The standard InChI is InChI=1S/C13H18O3/c1-16-12(15)10-8-3-2-5-13(7-14)6-4-9(10)11(8)13/h9,11,14H,2-7H2,1H3/t9-,11+,13-/m0/s1. The van der Waals surface area contributed by atoms with Crippen molar-refractivity contribution in [1.82, 2.24) is 0 Å². The highest BCUT2D eigenvalue weighted by Crippen LogP contribution is 2.65. The number of ether oxygens (including phenoxy) is 1. The summed E-state index contributed by atoms with van der Waals surface area (Å²) >= 11 is 0. The molecule has 0 aromatic rings. The number of carbonyl (C=O) groups excluding carboxylic acids is 1. The van der Waals surface area contributed by atoms with Gasteiger partial charge < -0.3 is 9.84 Å². The first-order chi connectivity index (χ1) is 7.73. The van der Waals surface area contributed by atoms with Crippen LogP contribution in [0.5, 0.6) is 0 Å². The van der Waals surface area contributed by atoms with Crippen molar-refractivity contribution in [1.29, 1.82) is 0 Å². The number of aliphatic hydroxyl groups excluding tert-OH is 1. The van der Waals surface area contributed by atoms with Crippen LogP contribution < -0.4 is 0 Å². The van der Waals surface area contributed by atoms with Crippen molar-refractivity contribution in [3.8, 4) is 0 Å². The van der Waals surface area contributed by atoms with Gasteiger partial charge in [-0.15, -0.1) is 0 Å². The Labute approximate surface area is 95.5 Å². The predicted octanol–water partition coefficient (Wildman–Crippen LogP) is 1.66. The van der Waals surface area contributed by atoms with Gasteiger partial charge in [-0.25, -0.2) is 4.79 Å². The highest BCUT2D eigenvalue weighted by atomic mass is 16.5. The van der Waals surface area contributed by atoms with E-state index in [4.69, 9.17) is 4.74 Å². The molecule has 3 heteroatoms. The lowest BCUT2D eigenvalue weighted by Crippen LogP contribution is -2.44. The lowest BCUT2D eigenvalue weighted by atomic mass is 9.56. The first kappa shape index (κ1) is 10.3. The highest BCUT2D eigenvalue weighted by molar-refractivity contribution is 5.92. The van der Waals surface area contributed by atoms with Gasteiger partial charge in [-0.1, -0.05) is 5.57 Å². The second-order valence-electron chi connectivity index (χ2n) is 5.43. The Kier molecular flexibility index (Phi) is 2.15. The molecule has 3 aliphatic carbocycles. The second-order valence-corrected chi connectivity index (χ2v) is 5.43. The van der Waals surface area contributed by atoms with E-state index in [1.165, 1.54) is 12.7 Å². The zero-order chi connectivity index (χ0) is 11.3. The molecule has 0 aromatic carbocycles. The number of methoxy groups -OCH3 is 1. The van der Waals surface area contributed by atoms with E-state index in [1.54, 1.807) is 0 Å². The molecule has 0 bridgehead atoms. The SMILES string of the molecule is COC(=O)C1=C2CCC[C@@]3(CO)CC[C@@H]1[C@@H]23. The highest BCUT2D eigenvalue weighted by Gasteiger charge is 2.59. The molecule has 0 spiro atoms. The van der Waals surface area contributed by atoms with E-state index in [0.717, 1.165) is 37.7 Å². The van der Waals surface area contributed by atoms with Crippen molar-refractivity contribution in [2.75, 3.05) is 13.7 Å². The Bertz CT molecular complexity index is 371. The summed E-state index contributed by atoms with van der Waals surface area (Å²) in [4.78, 5) is 11.7. The maximum absolute atomic E-state index is 11.7. The van der Waals surface area contributed by atoms with E-state index in [0.29, 0.717) is 11.8 Å². The van der Waals surface area contributed by atoms with E-state index >= 15 is 0 Å². The number of rotatable bonds is 2. The van der Waals surface area contributed by atoms with Gasteiger partial charge in [0.25, 0.3) is 0 Å². The largest absolute Gasteiger partial charge is 0.466 e. The minimum absolute atomic E-state index is 0.107. The topological polar surface area (TPSA) is 46.5 Å². The van der Waals surface area contributed by atoms with Crippen molar-refractivity contribution >= 4 is 5.97 Å². The summed E-state index contributed by atoms with van der Waals surface area (Å²) < 4.78 is 4.86. The molecule has 0 saturated heterocycles. The second kappa shape index (κ2) is 3.33. The molecule has 3 rings (SSSR count). The Morgan fingerprint density at radius 3 is 3.06 bits per heavy atom. The van der Waals surface area contributed by atoms with Gasteiger partial charge in [0.05, 0.1) is 7.11 Å². The molecule has 2 saturated carbocycles. The molecule has 0 heterocycles. The third-order valence-corrected chi connectivity index (χ3v) is 4.95. The fourth-order valence-electron chi connectivity index (χ4n) is 4.28. The third-order valence-electron chi connectivity index (χ3n) is 4.95. The predicted molar refractivity (Wildman–Crippen MR) is 58.6 cm³/mol. The summed E-state index contributed by atoms with van der Waals surface area (Å²) in [6.07, 6.45) is 5.40. The van der Waals surface area contributed by atoms with Crippen LogP contribution in [0.25, 0.3) is 0 Å². The number of aliphatic hydroxyl groups is 1. The number of hydrogen-bond donors (Lipinski definition) is 1. The average molecular weight is 222 g/mol. The third kappa shape index (κ3) is 1.05. The van der Waals surface area contributed by atoms with Crippen LogP contribution in [-0.2, 0) is 9.53 Å². The van der Waals surface area contributed by atoms with E-state index in [9.17, 15) is 9.90 Å². The van der Waals surface area contributed by atoms with Crippen molar-refractivity contribution in [2.24, 2.45) is 17.3 Å². The Morgan fingerprint density at radius 2 is 2.38 bits per heavy atom. The first-order valence-electron chi connectivity index (χ1n) is 6.15. The fourth-order valence-corrected chi connectivity index (χ4v) is 4.28. The van der Waals surface area contributed by atoms with Gasteiger partial charge in [-0.2, -0.15) is 0 Å². The molecule has 88 valence electrons. The fraction of sp³-hybridized carbons (Fsp3) is 0.769. The van der Waals surface area contributed by atoms with Crippen molar-refractivity contribution in [2.45, 2.75) is 32.1 Å². The molecule has 0 amide bonds. The van der Waals surface area contributed by atoms with Gasteiger partial charge in [-0.05, 0) is 43.9 Å². The molecule has 2 fully saturated rings. The molecule has 16 heavy (non-hydrogen) atoms. The maximum Gasteiger partial charge on any atom is 0.333 e. The van der Waals surface area contributed by atoms with Gasteiger partial charge in [-0.3, -0.25) is 0 Å². The molecule has 1 N–H and O–H groups in total. The van der Waals surface area contributed by atoms with Crippen LogP contribution in [0, 0.1) is 17.3 Å². The number of allylic oxidation sites excluding steroid dienone is 1. The van der Waals surface area contributed by atoms with Gasteiger partial charge in [0.2, 0.25) is 0 Å². The first-order valence-corrected chi connectivity index (χ1v) is 6.15. The molecule has 0 radical (unpaired) electrons. The molecular weight excluding hydrogens is 204 g/mol. The monoisotopic (exact) mass is 222 g/mol. The van der Waals surface area contributed by atoms with E-state index < -0.39 is 0 Å². The molecular formula is C13H18O3. The molecule has 0 unspecified atom stereocenters. The van der Waals surface area contributed by atoms with Crippen LogP contribution in [0.3, 0.4) is 0 Å². The van der Waals surface area contributed by atoms with Crippen LogP contribution in [0.1, 0.15) is 32.1 Å². The van der Waals surface area contributed by atoms with Crippen molar-refractivity contribution in [3.05, 3.63) is 11.1 Å². The molecule has 0 aliphatic heterocycles. The maximum atomic E-state index is 11.7. The molecule has 3 aliphatic rings. The molecule has 3 atom stereocenters. The quantitative estimate of drug-likeness (QED) is 0.723. The Morgan fingerprint density at radius 1 is 1.56 bits per heavy atom. The van der Waals surface area contributed by atoms with Crippen LogP contribution in [-0.4, -0.2) is 24.8 Å². The van der Waals surface area contributed by atoms with E-state index in [2.05, 4.69) is 0 Å². The minimum Gasteiger partial charge on any atom is -0.466 e. The summed E-state index contributed by atoms with van der Waals surface area (Å²) in [5.41, 5.74) is 2.35. The lowest BCUT2D eigenvalue weighted by Gasteiger charge is -2.48. The van der Waals surface area contributed by atoms with Crippen molar-refractivity contribution < 1.29 is 14.6 Å². The van der Waals surface area contributed by atoms with E-state index in [-0.39, 0.29) is 18.0 Å². The summed E-state index contributed by atoms with van der Waals surface area (Å²) in [7, 11) is 1.46. The van der Waals surface area contributed by atoms with Crippen molar-refractivity contribution in [3.63, 3.8) is 0 Å². The number of esters is 1. The normalized spacial score (nSPS) is 40.4. The number of hydrogen-bond acceptors (Lipinski definition) is 3. The van der Waals surface area contributed by atoms with Crippen LogP contribution in [0.4, 0.5) is 0 Å². The Hall–Kier alpha value is -0.830. The van der Waals surface area contributed by atoms with Crippen LogP contribution in [0.15, 0.2) is 11.1 Å². The van der Waals surface area contributed by atoms with Crippen LogP contribution >= 0.6 is 0 Å². The summed E-state index contributed by atoms with van der Waals surface area (Å²) in [6.45, 7) is 0.284. The van der Waals surface area contributed by atoms with Gasteiger partial charge in [0, 0.05) is 17.6 Å². The smallest absolute Gasteiger partial charge is 0.333 e. The van der Waals surface area contributed by atoms with Crippen LogP contribution in [0.2, 0.25) is 0 Å². The molecule has 0 aromatic heterocycles. The summed E-state index contributed by atoms with van der Waals surface area (Å²) in [6, 6.07) is 0. The number of carbonyl (C=O) groups is 1. The zero-order valence-electron chi connectivity index (χ0n) is 9.66. The average Bonchev–Trinajstić information content (AvgIpc) is 2.66. The van der Waals surface area contributed by atoms with Gasteiger partial charge in [0.1, 0.15) is 0 Å². The lowest BCUT2D eigenvalue weighted by molar-refractivity contribution is -0.138.